The minimum absolute atomic E-state index is 0.163. The van der Waals surface area contributed by atoms with E-state index in [1.54, 1.807) is 31.3 Å². The Labute approximate surface area is 120 Å². The van der Waals surface area contributed by atoms with Gasteiger partial charge in [0.1, 0.15) is 0 Å². The van der Waals surface area contributed by atoms with Crippen molar-refractivity contribution < 1.29 is 4.79 Å². The number of halogens is 2. The van der Waals surface area contributed by atoms with E-state index in [9.17, 15) is 9.59 Å². The summed E-state index contributed by atoms with van der Waals surface area (Å²) >= 11 is 12.0. The molecular formula is C14H11Cl2NO2. The molecule has 0 aliphatic rings. The fraction of sp³-hybridized carbons (Fsp3) is 0.143. The minimum atomic E-state index is -0.337. The van der Waals surface area contributed by atoms with Crippen LogP contribution >= 0.6 is 23.2 Å². The van der Waals surface area contributed by atoms with E-state index in [0.29, 0.717) is 21.3 Å². The van der Waals surface area contributed by atoms with Crippen LogP contribution in [-0.2, 0) is 7.05 Å². The molecule has 0 radical (unpaired) electrons. The highest BCUT2D eigenvalue weighted by atomic mass is 35.5. The lowest BCUT2D eigenvalue weighted by atomic mass is 10.1. The number of hydrogen-bond acceptors (Lipinski definition) is 2. The third-order valence-electron chi connectivity index (χ3n) is 2.89. The molecule has 2 aromatic rings. The van der Waals surface area contributed by atoms with Crippen molar-refractivity contribution in [2.75, 3.05) is 0 Å². The second kappa shape index (κ2) is 5.19. The number of rotatable bonds is 2. The van der Waals surface area contributed by atoms with Crippen molar-refractivity contribution in [3.63, 3.8) is 0 Å². The molecule has 0 fully saturated rings. The summed E-state index contributed by atoms with van der Waals surface area (Å²) in [5, 5.41) is 0.984. The highest BCUT2D eigenvalue weighted by Crippen LogP contribution is 2.29. The molecule has 1 aromatic carbocycles. The first kappa shape index (κ1) is 13.8. The van der Waals surface area contributed by atoms with Crippen LogP contribution in [0.15, 0.2) is 35.1 Å². The summed E-state index contributed by atoms with van der Waals surface area (Å²) in [6.45, 7) is 1.37. The number of pyridine rings is 1. The SMILES string of the molecule is CC(=O)c1ccc(-c2ccc(Cl)cc2Cl)n(C)c1=O. The number of Topliss-reactive ketones (excluding diaryl/α,β-unsaturated/α-hetero) is 1. The van der Waals surface area contributed by atoms with Crippen LogP contribution in [0, 0.1) is 0 Å². The van der Waals surface area contributed by atoms with Gasteiger partial charge in [0.2, 0.25) is 0 Å². The van der Waals surface area contributed by atoms with Gasteiger partial charge in [0.25, 0.3) is 5.56 Å². The molecule has 5 heteroatoms. The van der Waals surface area contributed by atoms with Gasteiger partial charge in [0.05, 0.1) is 16.3 Å². The Hall–Kier alpha value is -1.58. The average molecular weight is 296 g/mol. The van der Waals surface area contributed by atoms with Crippen molar-refractivity contribution >= 4 is 29.0 Å². The third-order valence-corrected chi connectivity index (χ3v) is 3.44. The third kappa shape index (κ3) is 2.57. The Kier molecular flexibility index (Phi) is 3.78. The minimum Gasteiger partial charge on any atom is -0.311 e. The van der Waals surface area contributed by atoms with Crippen LogP contribution in [0.4, 0.5) is 0 Å². The van der Waals surface area contributed by atoms with E-state index in [1.807, 2.05) is 0 Å². The Morgan fingerprint density at radius 3 is 2.42 bits per heavy atom. The predicted molar refractivity (Wildman–Crippen MR) is 77.1 cm³/mol. The van der Waals surface area contributed by atoms with Crippen LogP contribution in [0.1, 0.15) is 17.3 Å². The Morgan fingerprint density at radius 1 is 1.16 bits per heavy atom. The van der Waals surface area contributed by atoms with Gasteiger partial charge in [-0.1, -0.05) is 23.2 Å². The highest BCUT2D eigenvalue weighted by Gasteiger charge is 2.12. The standard InChI is InChI=1S/C14H11Cl2NO2/c1-8(18)10-5-6-13(17(2)14(10)19)11-4-3-9(15)7-12(11)16/h3-7H,1-2H3. The molecule has 1 aromatic heterocycles. The zero-order valence-electron chi connectivity index (χ0n) is 10.4. The number of benzene rings is 1. The van der Waals surface area contributed by atoms with E-state index >= 15 is 0 Å². The Bertz CT molecular complexity index is 720. The topological polar surface area (TPSA) is 39.1 Å². The van der Waals surface area contributed by atoms with Crippen molar-refractivity contribution in [3.8, 4) is 11.3 Å². The van der Waals surface area contributed by atoms with Crippen LogP contribution in [0.25, 0.3) is 11.3 Å². The Balaban J connectivity index is 2.68. The second-order valence-electron chi connectivity index (χ2n) is 4.18. The smallest absolute Gasteiger partial charge is 0.261 e. The predicted octanol–water partition coefficient (Wildman–Crippen LogP) is 3.56. The van der Waals surface area contributed by atoms with Crippen molar-refractivity contribution in [1.82, 2.24) is 4.57 Å². The summed E-state index contributed by atoms with van der Waals surface area (Å²) in [6, 6.07) is 8.28. The lowest BCUT2D eigenvalue weighted by molar-refractivity contribution is 0.101. The van der Waals surface area contributed by atoms with E-state index in [0.717, 1.165) is 0 Å². The van der Waals surface area contributed by atoms with Crippen LogP contribution < -0.4 is 5.56 Å². The molecule has 0 aliphatic carbocycles. The molecule has 0 aliphatic heterocycles. The number of ketones is 1. The summed E-state index contributed by atoms with van der Waals surface area (Å²) in [7, 11) is 1.61. The molecule has 19 heavy (non-hydrogen) atoms. The summed E-state index contributed by atoms with van der Waals surface area (Å²) in [6.07, 6.45) is 0. The van der Waals surface area contributed by atoms with Gasteiger partial charge in [0.15, 0.2) is 5.78 Å². The van der Waals surface area contributed by atoms with Gasteiger partial charge in [-0.15, -0.1) is 0 Å². The molecule has 0 unspecified atom stereocenters. The number of nitrogens with zero attached hydrogens (tertiary/aromatic N) is 1. The second-order valence-corrected chi connectivity index (χ2v) is 5.02. The lowest BCUT2D eigenvalue weighted by Gasteiger charge is -2.11. The Morgan fingerprint density at radius 2 is 1.84 bits per heavy atom. The fourth-order valence-corrected chi connectivity index (χ4v) is 2.38. The van der Waals surface area contributed by atoms with E-state index in [2.05, 4.69) is 0 Å². The molecule has 0 spiro atoms. The van der Waals surface area contributed by atoms with Crippen LogP contribution in [-0.4, -0.2) is 10.4 Å². The van der Waals surface area contributed by atoms with E-state index in [4.69, 9.17) is 23.2 Å². The van der Waals surface area contributed by atoms with Gasteiger partial charge in [-0.2, -0.15) is 0 Å². The summed E-state index contributed by atoms with van der Waals surface area (Å²) < 4.78 is 1.41. The first-order chi connectivity index (χ1) is 8.91. The van der Waals surface area contributed by atoms with Gasteiger partial charge < -0.3 is 4.57 Å². The van der Waals surface area contributed by atoms with Crippen molar-refractivity contribution in [3.05, 3.63) is 56.3 Å². The molecule has 0 bridgehead atoms. The maximum Gasteiger partial charge on any atom is 0.261 e. The van der Waals surface area contributed by atoms with Gasteiger partial charge in [-0.05, 0) is 37.3 Å². The normalized spacial score (nSPS) is 10.5. The molecule has 1 heterocycles. The van der Waals surface area contributed by atoms with Crippen molar-refractivity contribution in [2.45, 2.75) is 6.92 Å². The summed E-state index contributed by atoms with van der Waals surface area (Å²) in [4.78, 5) is 23.4. The van der Waals surface area contributed by atoms with Gasteiger partial charge in [0, 0.05) is 17.6 Å². The van der Waals surface area contributed by atoms with Gasteiger partial charge in [-0.25, -0.2) is 0 Å². The molecule has 0 N–H and O–H groups in total. The zero-order chi connectivity index (χ0) is 14.2. The number of carbonyl (C=O) groups excluding carboxylic acids is 1. The van der Waals surface area contributed by atoms with Crippen molar-refractivity contribution in [1.29, 1.82) is 0 Å². The number of hydrogen-bond donors (Lipinski definition) is 0. The summed E-state index contributed by atoms with van der Waals surface area (Å²) in [5.74, 6) is -0.255. The van der Waals surface area contributed by atoms with E-state index in [1.165, 1.54) is 17.6 Å². The molecule has 0 saturated heterocycles. The maximum absolute atomic E-state index is 12.1. The summed E-state index contributed by atoms with van der Waals surface area (Å²) in [5.41, 5.74) is 1.16. The van der Waals surface area contributed by atoms with Crippen LogP contribution in [0.3, 0.4) is 0 Å². The van der Waals surface area contributed by atoms with Gasteiger partial charge >= 0.3 is 0 Å². The monoisotopic (exact) mass is 295 g/mol. The number of aromatic nitrogens is 1. The van der Waals surface area contributed by atoms with Crippen LogP contribution in [0.2, 0.25) is 10.0 Å². The quantitative estimate of drug-likeness (QED) is 0.795. The molecule has 98 valence electrons. The first-order valence-electron chi connectivity index (χ1n) is 5.58. The molecule has 0 saturated carbocycles. The molecule has 3 nitrogen and oxygen atoms in total. The first-order valence-corrected chi connectivity index (χ1v) is 6.34. The molecule has 0 amide bonds. The van der Waals surface area contributed by atoms with E-state index in [-0.39, 0.29) is 16.9 Å². The molecule has 0 atom stereocenters. The zero-order valence-corrected chi connectivity index (χ0v) is 11.9. The highest BCUT2D eigenvalue weighted by molar-refractivity contribution is 6.36. The lowest BCUT2D eigenvalue weighted by Crippen LogP contribution is -2.24. The fourth-order valence-electron chi connectivity index (χ4n) is 1.87. The van der Waals surface area contributed by atoms with E-state index < -0.39 is 0 Å². The van der Waals surface area contributed by atoms with Crippen LogP contribution in [0.5, 0.6) is 0 Å². The average Bonchev–Trinajstić information content (AvgIpc) is 2.33. The molecular weight excluding hydrogens is 285 g/mol. The molecule has 2 rings (SSSR count). The van der Waals surface area contributed by atoms with Crippen molar-refractivity contribution in [2.24, 2.45) is 7.05 Å². The number of carbonyl (C=O) groups is 1. The largest absolute Gasteiger partial charge is 0.311 e. The van der Waals surface area contributed by atoms with Gasteiger partial charge in [-0.3, -0.25) is 9.59 Å². The maximum atomic E-state index is 12.1.